The van der Waals surface area contributed by atoms with Crippen LogP contribution in [0.25, 0.3) is 16.9 Å². The van der Waals surface area contributed by atoms with Gasteiger partial charge in [0.1, 0.15) is 17.0 Å². The van der Waals surface area contributed by atoms with Gasteiger partial charge in [-0.05, 0) is 36.9 Å². The molecule has 3 heterocycles. The van der Waals surface area contributed by atoms with Crippen LogP contribution < -0.4 is 10.1 Å². The van der Waals surface area contributed by atoms with Gasteiger partial charge in [-0.1, -0.05) is 6.92 Å². The summed E-state index contributed by atoms with van der Waals surface area (Å²) < 4.78 is 33.8. The summed E-state index contributed by atoms with van der Waals surface area (Å²) in [6, 6.07) is 6.45. The Morgan fingerprint density at radius 3 is 2.91 bits per heavy atom. The summed E-state index contributed by atoms with van der Waals surface area (Å²) in [5.41, 5.74) is 1.37. The number of hydrogen-bond donors (Lipinski definition) is 2. The van der Waals surface area contributed by atoms with Crippen LogP contribution in [-0.4, -0.2) is 54.4 Å². The number of aliphatic hydroxyl groups excluding tert-OH is 1. The molecular weight excluding hydrogens is 466 g/mol. The number of ether oxygens (including phenoxy) is 1. The number of carbonyl (C=O) groups is 1. The minimum absolute atomic E-state index is 0.0813. The molecule has 0 saturated carbocycles. The van der Waals surface area contributed by atoms with Gasteiger partial charge in [-0.2, -0.15) is 19.0 Å². The molecule has 0 aliphatic carbocycles. The second-order valence-electron chi connectivity index (χ2n) is 7.32. The van der Waals surface area contributed by atoms with Crippen LogP contribution in [0, 0.1) is 0 Å². The Bertz CT molecular complexity index is 1310. The van der Waals surface area contributed by atoms with E-state index in [0.29, 0.717) is 12.1 Å². The van der Waals surface area contributed by atoms with Gasteiger partial charge in [0.05, 0.1) is 24.5 Å². The first-order chi connectivity index (χ1) is 16.4. The average Bonchev–Trinajstić information content (AvgIpc) is 3.43. The lowest BCUT2D eigenvalue weighted by molar-refractivity contribution is -0.0494. The van der Waals surface area contributed by atoms with Crippen molar-refractivity contribution in [3.05, 3.63) is 54.6 Å². The molecule has 9 nitrogen and oxygen atoms in total. The van der Waals surface area contributed by atoms with E-state index in [1.807, 2.05) is 13.2 Å². The minimum atomic E-state index is -3.04. The number of aliphatic hydroxyl groups is 1. The van der Waals surface area contributed by atoms with Gasteiger partial charge >= 0.3 is 6.61 Å². The van der Waals surface area contributed by atoms with Gasteiger partial charge in [0.2, 0.25) is 0 Å². The number of nitrogens with one attached hydrogen (secondary N) is 1. The van der Waals surface area contributed by atoms with Crippen molar-refractivity contribution < 1.29 is 23.4 Å². The Morgan fingerprint density at radius 2 is 2.18 bits per heavy atom. The number of nitrogens with zero attached hydrogens (tertiary/aromatic N) is 5. The molecule has 178 valence electrons. The molecule has 1 amide bonds. The lowest BCUT2D eigenvalue weighted by atomic mass is 10.1. The summed E-state index contributed by atoms with van der Waals surface area (Å²) in [6.07, 6.45) is 7.82. The first-order valence-corrected chi connectivity index (χ1v) is 11.6. The second kappa shape index (κ2) is 10.2. The quantitative estimate of drug-likeness (QED) is 0.344. The predicted molar refractivity (Wildman–Crippen MR) is 123 cm³/mol. The van der Waals surface area contributed by atoms with Crippen LogP contribution in [-0.2, 0) is 6.54 Å². The molecule has 0 aliphatic rings. The molecule has 4 rings (SSSR count). The van der Waals surface area contributed by atoms with Crippen LogP contribution in [0.4, 0.5) is 14.5 Å². The molecule has 0 fully saturated rings. The summed E-state index contributed by atoms with van der Waals surface area (Å²) in [7, 11) is 0. The van der Waals surface area contributed by atoms with E-state index in [0.717, 1.165) is 4.90 Å². The van der Waals surface area contributed by atoms with Gasteiger partial charge < -0.3 is 15.2 Å². The SMILES string of the molecule is CC[C@H](O)Cn1cc(NC(=O)c2cnn3cccnc23)c(-c2cc(SC)ccc2OC(F)F)n1. The highest BCUT2D eigenvalue weighted by atomic mass is 32.2. The molecule has 0 unspecified atom stereocenters. The summed E-state index contributed by atoms with van der Waals surface area (Å²) in [5, 5.41) is 21.5. The smallest absolute Gasteiger partial charge is 0.387 e. The number of alkyl halides is 2. The van der Waals surface area contributed by atoms with Crippen molar-refractivity contribution in [2.45, 2.75) is 37.5 Å². The molecule has 0 bridgehead atoms. The molecule has 3 aromatic heterocycles. The predicted octanol–water partition coefficient (Wildman–Crippen LogP) is 3.94. The van der Waals surface area contributed by atoms with Crippen LogP contribution in [0.5, 0.6) is 5.75 Å². The zero-order chi connectivity index (χ0) is 24.2. The fourth-order valence-electron chi connectivity index (χ4n) is 3.35. The molecule has 0 aliphatic heterocycles. The van der Waals surface area contributed by atoms with Gasteiger partial charge in [0, 0.05) is 29.0 Å². The normalized spacial score (nSPS) is 12.3. The number of rotatable bonds is 9. The molecule has 2 N–H and O–H groups in total. The molecule has 1 aromatic carbocycles. The number of aromatic nitrogens is 5. The maximum Gasteiger partial charge on any atom is 0.387 e. The third-order valence-corrected chi connectivity index (χ3v) is 5.79. The third kappa shape index (κ3) is 5.02. The summed E-state index contributed by atoms with van der Waals surface area (Å²) in [6.45, 7) is -1.05. The van der Waals surface area contributed by atoms with E-state index in [-0.39, 0.29) is 34.8 Å². The van der Waals surface area contributed by atoms with Gasteiger partial charge in [-0.25, -0.2) is 9.50 Å². The minimum Gasteiger partial charge on any atom is -0.434 e. The molecule has 0 spiro atoms. The number of anilines is 1. The molecule has 34 heavy (non-hydrogen) atoms. The molecule has 12 heteroatoms. The number of amides is 1. The van der Waals surface area contributed by atoms with Crippen molar-refractivity contribution in [1.29, 1.82) is 0 Å². The third-order valence-electron chi connectivity index (χ3n) is 5.06. The van der Waals surface area contributed by atoms with Crippen LogP contribution in [0.1, 0.15) is 23.7 Å². The van der Waals surface area contributed by atoms with Gasteiger partial charge in [-0.3, -0.25) is 9.48 Å². The Balaban J connectivity index is 1.78. The fraction of sp³-hybridized carbons (Fsp3) is 0.273. The maximum atomic E-state index is 13.1. The van der Waals surface area contributed by atoms with Crippen molar-refractivity contribution in [2.75, 3.05) is 11.6 Å². The van der Waals surface area contributed by atoms with Gasteiger partial charge in [0.25, 0.3) is 5.91 Å². The van der Waals surface area contributed by atoms with Crippen LogP contribution in [0.15, 0.2) is 53.9 Å². The highest BCUT2D eigenvalue weighted by molar-refractivity contribution is 7.98. The highest BCUT2D eigenvalue weighted by Gasteiger charge is 2.22. The molecular formula is C22H22F2N6O3S. The van der Waals surface area contributed by atoms with Gasteiger partial charge in [-0.15, -0.1) is 11.8 Å². The largest absolute Gasteiger partial charge is 0.434 e. The van der Waals surface area contributed by atoms with E-state index in [2.05, 4.69) is 20.5 Å². The molecule has 1 atom stereocenters. The number of carbonyl (C=O) groups excluding carboxylic acids is 1. The topological polar surface area (TPSA) is 107 Å². The van der Waals surface area contributed by atoms with Gasteiger partial charge in [0.15, 0.2) is 5.65 Å². The van der Waals surface area contributed by atoms with Crippen molar-refractivity contribution in [3.8, 4) is 17.0 Å². The maximum absolute atomic E-state index is 13.1. The second-order valence-corrected chi connectivity index (χ2v) is 8.20. The number of fused-ring (bicyclic) bond motifs is 1. The highest BCUT2D eigenvalue weighted by Crippen LogP contribution is 2.37. The molecule has 4 aromatic rings. The summed E-state index contributed by atoms with van der Waals surface area (Å²) in [5.74, 6) is -0.579. The van der Waals surface area contributed by atoms with Crippen molar-refractivity contribution in [2.24, 2.45) is 0 Å². The Hall–Kier alpha value is -3.51. The van der Waals surface area contributed by atoms with E-state index in [9.17, 15) is 18.7 Å². The first-order valence-electron chi connectivity index (χ1n) is 10.4. The van der Waals surface area contributed by atoms with Crippen LogP contribution in [0.2, 0.25) is 0 Å². The first kappa shape index (κ1) is 23.6. The van der Waals surface area contributed by atoms with Crippen molar-refractivity contribution >= 4 is 29.0 Å². The van der Waals surface area contributed by atoms with Crippen molar-refractivity contribution in [3.63, 3.8) is 0 Å². The standard InChI is InChI=1S/C22H22F2N6O3S/c1-3-13(31)11-29-12-17(27-21(32)16-10-26-30-8-4-7-25-20(16)30)19(28-29)15-9-14(34-2)5-6-18(15)33-22(23)24/h4-10,12-13,22,31H,3,11H2,1-2H3,(H,27,32)/t13-/m0/s1. The Labute approximate surface area is 197 Å². The van der Waals surface area contributed by atoms with E-state index in [1.165, 1.54) is 33.2 Å². The number of halogens is 2. The fourth-order valence-corrected chi connectivity index (χ4v) is 3.79. The zero-order valence-corrected chi connectivity index (χ0v) is 19.2. The average molecular weight is 489 g/mol. The monoisotopic (exact) mass is 488 g/mol. The number of benzene rings is 1. The Morgan fingerprint density at radius 1 is 1.35 bits per heavy atom. The molecule has 0 radical (unpaired) electrons. The lowest BCUT2D eigenvalue weighted by Crippen LogP contribution is -2.15. The summed E-state index contributed by atoms with van der Waals surface area (Å²) in [4.78, 5) is 18.1. The van der Waals surface area contributed by atoms with E-state index < -0.39 is 18.6 Å². The van der Waals surface area contributed by atoms with E-state index >= 15 is 0 Å². The zero-order valence-electron chi connectivity index (χ0n) is 18.4. The van der Waals surface area contributed by atoms with E-state index in [4.69, 9.17) is 4.74 Å². The Kier molecular flexibility index (Phi) is 7.08. The van der Waals surface area contributed by atoms with Crippen molar-refractivity contribution in [1.82, 2.24) is 24.4 Å². The number of thioether (sulfide) groups is 1. The van der Waals surface area contributed by atoms with Crippen LogP contribution >= 0.6 is 11.8 Å². The van der Waals surface area contributed by atoms with Crippen LogP contribution in [0.3, 0.4) is 0 Å². The van der Waals surface area contributed by atoms with E-state index in [1.54, 1.807) is 36.8 Å². The molecule has 0 saturated heterocycles. The lowest BCUT2D eigenvalue weighted by Gasteiger charge is -2.12. The summed E-state index contributed by atoms with van der Waals surface area (Å²) >= 11 is 1.42. The number of hydrogen-bond acceptors (Lipinski definition) is 7.